The molecule has 1 aliphatic rings. The second kappa shape index (κ2) is 5.84. The molecule has 1 saturated heterocycles. The number of halogens is 1. The molecule has 0 radical (unpaired) electrons. The highest BCUT2D eigenvalue weighted by Crippen LogP contribution is 2.20. The van der Waals surface area contributed by atoms with Crippen molar-refractivity contribution in [2.24, 2.45) is 0 Å². The van der Waals surface area contributed by atoms with E-state index in [1.54, 1.807) is 7.05 Å². The zero-order valence-electron chi connectivity index (χ0n) is 10.8. The van der Waals surface area contributed by atoms with Crippen LogP contribution in [0.1, 0.15) is 20.8 Å². The Balaban J connectivity index is 2.88. The Morgan fingerprint density at radius 2 is 2.12 bits per heavy atom. The van der Waals surface area contributed by atoms with Crippen molar-refractivity contribution in [1.82, 2.24) is 8.61 Å². The molecule has 5 nitrogen and oxygen atoms in total. The van der Waals surface area contributed by atoms with Gasteiger partial charge in [-0.2, -0.15) is 17.0 Å². The fourth-order valence-electron chi connectivity index (χ4n) is 1.64. The molecular weight excluding hydrogens is 264 g/mol. The number of hydrogen-bond donors (Lipinski definition) is 0. The number of morpholine rings is 1. The molecular formula is C10H21ClN2O3S. The second-order valence-corrected chi connectivity index (χ2v) is 6.90. The van der Waals surface area contributed by atoms with Crippen LogP contribution in [-0.4, -0.2) is 61.3 Å². The van der Waals surface area contributed by atoms with Crippen molar-refractivity contribution in [1.29, 1.82) is 0 Å². The lowest BCUT2D eigenvalue weighted by Gasteiger charge is -2.39. The van der Waals surface area contributed by atoms with Crippen molar-refractivity contribution in [3.8, 4) is 0 Å². The fourth-order valence-corrected chi connectivity index (χ4v) is 3.56. The molecule has 0 aromatic heterocycles. The van der Waals surface area contributed by atoms with Crippen LogP contribution < -0.4 is 0 Å². The molecule has 0 N–H and O–H groups in total. The van der Waals surface area contributed by atoms with Gasteiger partial charge in [0.1, 0.15) is 0 Å². The third kappa shape index (κ3) is 3.32. The van der Waals surface area contributed by atoms with Crippen LogP contribution in [0.2, 0.25) is 0 Å². The number of alkyl halides is 1. The average Bonchev–Trinajstić information content (AvgIpc) is 2.28. The van der Waals surface area contributed by atoms with Gasteiger partial charge < -0.3 is 4.74 Å². The smallest absolute Gasteiger partial charge is 0.282 e. The Kier molecular flexibility index (Phi) is 5.21. The van der Waals surface area contributed by atoms with Crippen molar-refractivity contribution < 1.29 is 13.2 Å². The summed E-state index contributed by atoms with van der Waals surface area (Å²) in [6.07, 6.45) is -0.219. The van der Waals surface area contributed by atoms with Crippen LogP contribution in [0.5, 0.6) is 0 Å². The standard InChI is InChI=1S/C10H21ClN2O3S/c1-8(2)12(4)17(14,15)13-6-10(5-11)16-7-9(13)3/h8-10H,5-7H2,1-4H3. The molecule has 0 aromatic carbocycles. The molecule has 0 spiro atoms. The highest BCUT2D eigenvalue weighted by molar-refractivity contribution is 7.86. The van der Waals surface area contributed by atoms with E-state index >= 15 is 0 Å². The van der Waals surface area contributed by atoms with E-state index in [9.17, 15) is 8.42 Å². The lowest BCUT2D eigenvalue weighted by Crippen LogP contribution is -2.56. The Hall–Kier alpha value is 0.120. The van der Waals surface area contributed by atoms with Gasteiger partial charge in [0.2, 0.25) is 0 Å². The first-order valence-corrected chi connectivity index (χ1v) is 7.66. The summed E-state index contributed by atoms with van der Waals surface area (Å²) in [5, 5.41) is 0. The molecule has 102 valence electrons. The van der Waals surface area contributed by atoms with Crippen LogP contribution in [0.25, 0.3) is 0 Å². The third-order valence-electron chi connectivity index (χ3n) is 3.01. The molecule has 1 heterocycles. The lowest BCUT2D eigenvalue weighted by atomic mass is 10.2. The van der Waals surface area contributed by atoms with Crippen molar-refractivity contribution in [3.05, 3.63) is 0 Å². The topological polar surface area (TPSA) is 49.9 Å². The molecule has 0 bridgehead atoms. The highest BCUT2D eigenvalue weighted by atomic mass is 35.5. The number of hydrogen-bond acceptors (Lipinski definition) is 3. The van der Waals surface area contributed by atoms with Crippen LogP contribution in [-0.2, 0) is 14.9 Å². The van der Waals surface area contributed by atoms with E-state index in [0.717, 1.165) is 0 Å². The molecule has 0 aliphatic carbocycles. The minimum atomic E-state index is -3.43. The molecule has 7 heteroatoms. The molecule has 2 unspecified atom stereocenters. The summed E-state index contributed by atoms with van der Waals surface area (Å²) in [6.45, 7) is 6.26. The zero-order chi connectivity index (χ0) is 13.2. The SMILES string of the molecule is CC(C)N(C)S(=O)(=O)N1CC(CCl)OCC1C. The van der Waals surface area contributed by atoms with Crippen molar-refractivity contribution in [2.45, 2.75) is 39.0 Å². The van der Waals surface area contributed by atoms with Gasteiger partial charge in [0.25, 0.3) is 10.2 Å². The van der Waals surface area contributed by atoms with Gasteiger partial charge in [-0.1, -0.05) is 0 Å². The maximum Gasteiger partial charge on any atom is 0.282 e. The average molecular weight is 285 g/mol. The van der Waals surface area contributed by atoms with Crippen LogP contribution in [0.4, 0.5) is 0 Å². The molecule has 0 amide bonds. The van der Waals surface area contributed by atoms with Gasteiger partial charge in [-0.25, -0.2) is 0 Å². The van der Waals surface area contributed by atoms with Crippen LogP contribution >= 0.6 is 11.6 Å². The van der Waals surface area contributed by atoms with Crippen molar-refractivity contribution >= 4 is 21.8 Å². The highest BCUT2D eigenvalue weighted by Gasteiger charge is 2.37. The minimum absolute atomic E-state index is 0.0653. The first-order valence-electron chi connectivity index (χ1n) is 5.73. The molecule has 1 fully saturated rings. The number of ether oxygens (including phenoxy) is 1. The fraction of sp³-hybridized carbons (Fsp3) is 1.00. The van der Waals surface area contributed by atoms with E-state index < -0.39 is 10.2 Å². The molecule has 0 aromatic rings. The van der Waals surface area contributed by atoms with E-state index in [2.05, 4.69) is 0 Å². The Bertz CT molecular complexity index is 347. The summed E-state index contributed by atoms with van der Waals surface area (Å²) < 4.78 is 33.0. The zero-order valence-corrected chi connectivity index (χ0v) is 12.3. The molecule has 1 aliphatic heterocycles. The van der Waals surface area contributed by atoms with E-state index in [1.165, 1.54) is 8.61 Å². The van der Waals surface area contributed by atoms with Crippen LogP contribution in [0.15, 0.2) is 0 Å². The largest absolute Gasteiger partial charge is 0.374 e. The molecule has 0 saturated carbocycles. The van der Waals surface area contributed by atoms with E-state index in [1.807, 2.05) is 20.8 Å². The predicted octanol–water partition coefficient (Wildman–Crippen LogP) is 0.899. The Morgan fingerprint density at radius 1 is 1.53 bits per heavy atom. The van der Waals surface area contributed by atoms with Gasteiger partial charge in [0.05, 0.1) is 12.7 Å². The number of rotatable bonds is 4. The summed E-state index contributed by atoms with van der Waals surface area (Å²) >= 11 is 5.73. The molecule has 17 heavy (non-hydrogen) atoms. The molecule has 1 rings (SSSR count). The summed E-state index contributed by atoms with van der Waals surface area (Å²) in [5.41, 5.74) is 0. The predicted molar refractivity (Wildman–Crippen MR) is 68.4 cm³/mol. The lowest BCUT2D eigenvalue weighted by molar-refractivity contribution is -0.0172. The second-order valence-electron chi connectivity index (χ2n) is 4.65. The maximum absolute atomic E-state index is 12.4. The van der Waals surface area contributed by atoms with Gasteiger partial charge >= 0.3 is 0 Å². The molecule has 2 atom stereocenters. The first kappa shape index (κ1) is 15.2. The van der Waals surface area contributed by atoms with Crippen molar-refractivity contribution in [2.75, 3.05) is 26.1 Å². The van der Waals surface area contributed by atoms with Gasteiger partial charge in [0, 0.05) is 31.6 Å². The van der Waals surface area contributed by atoms with Gasteiger partial charge in [-0.3, -0.25) is 0 Å². The first-order chi connectivity index (χ1) is 7.80. The maximum atomic E-state index is 12.4. The summed E-state index contributed by atoms with van der Waals surface area (Å²) in [4.78, 5) is 0. The summed E-state index contributed by atoms with van der Waals surface area (Å²) in [6, 6.07) is -0.217. The Labute approximate surface area is 109 Å². The third-order valence-corrected chi connectivity index (χ3v) is 5.60. The monoisotopic (exact) mass is 284 g/mol. The Morgan fingerprint density at radius 3 is 2.59 bits per heavy atom. The number of nitrogens with zero attached hydrogens (tertiary/aromatic N) is 2. The van der Waals surface area contributed by atoms with Gasteiger partial charge in [0.15, 0.2) is 0 Å². The van der Waals surface area contributed by atoms with E-state index in [-0.39, 0.29) is 18.2 Å². The summed E-state index contributed by atoms with van der Waals surface area (Å²) in [5.74, 6) is 0.310. The quantitative estimate of drug-likeness (QED) is 0.721. The summed E-state index contributed by atoms with van der Waals surface area (Å²) in [7, 11) is -1.83. The normalized spacial score (nSPS) is 27.9. The van der Waals surface area contributed by atoms with E-state index in [4.69, 9.17) is 16.3 Å². The van der Waals surface area contributed by atoms with Crippen LogP contribution in [0, 0.1) is 0 Å². The van der Waals surface area contributed by atoms with Gasteiger partial charge in [-0.05, 0) is 20.8 Å². The minimum Gasteiger partial charge on any atom is -0.374 e. The van der Waals surface area contributed by atoms with Gasteiger partial charge in [-0.15, -0.1) is 11.6 Å². The van der Waals surface area contributed by atoms with Crippen molar-refractivity contribution in [3.63, 3.8) is 0 Å². The van der Waals surface area contributed by atoms with Crippen LogP contribution in [0.3, 0.4) is 0 Å². The van der Waals surface area contributed by atoms with E-state index in [0.29, 0.717) is 19.0 Å².